The molecule has 0 unspecified atom stereocenters. The molecule has 0 saturated heterocycles. The number of carbonyl (C=O) groups excluding carboxylic acids is 1. The van der Waals surface area contributed by atoms with Crippen LogP contribution < -0.4 is 14.4 Å². The number of benzene rings is 1. The molecule has 1 aromatic carbocycles. The van der Waals surface area contributed by atoms with Crippen LogP contribution in [0.2, 0.25) is 0 Å². The van der Waals surface area contributed by atoms with Crippen molar-refractivity contribution in [3.8, 4) is 23.0 Å². The van der Waals surface area contributed by atoms with Crippen molar-refractivity contribution in [2.75, 3.05) is 19.1 Å². The largest absolute Gasteiger partial charge is 0.493 e. The van der Waals surface area contributed by atoms with Crippen molar-refractivity contribution >= 4 is 11.7 Å². The molecule has 8 nitrogen and oxygen atoms in total. The van der Waals surface area contributed by atoms with E-state index in [1.807, 2.05) is 13.0 Å². The molecule has 0 bridgehead atoms. The van der Waals surface area contributed by atoms with Gasteiger partial charge in [-0.1, -0.05) is 6.92 Å². The standard InChI is InChI=1S/C20H19N5O3/c1-4-15-12-8-16(27-2)17(28-3)9-13(12)20(26)25(15)18-11-21-10-14(24-18)19-22-6-5-7-23-19/h5-11,15H,4H2,1-3H3/t15-/m0/s1. The normalized spacial score (nSPS) is 15.5. The first kappa shape index (κ1) is 17.8. The summed E-state index contributed by atoms with van der Waals surface area (Å²) in [6.07, 6.45) is 7.15. The average Bonchev–Trinajstić information content (AvgIpc) is 3.04. The number of amides is 1. The number of methoxy groups -OCH3 is 2. The quantitative estimate of drug-likeness (QED) is 0.675. The predicted octanol–water partition coefficient (Wildman–Crippen LogP) is 3.06. The number of nitrogens with zero attached hydrogens (tertiary/aromatic N) is 5. The minimum absolute atomic E-state index is 0.150. The number of fused-ring (bicyclic) bond motifs is 1. The summed E-state index contributed by atoms with van der Waals surface area (Å²) in [7, 11) is 3.13. The lowest BCUT2D eigenvalue weighted by Crippen LogP contribution is -2.28. The van der Waals surface area contributed by atoms with Crippen LogP contribution in [-0.4, -0.2) is 40.1 Å². The molecule has 0 radical (unpaired) electrons. The van der Waals surface area contributed by atoms with E-state index >= 15 is 0 Å². The highest BCUT2D eigenvalue weighted by Gasteiger charge is 2.39. The minimum Gasteiger partial charge on any atom is -0.493 e. The van der Waals surface area contributed by atoms with Crippen molar-refractivity contribution in [2.24, 2.45) is 0 Å². The molecule has 0 saturated carbocycles. The Labute approximate surface area is 162 Å². The summed E-state index contributed by atoms with van der Waals surface area (Å²) in [5.74, 6) is 1.87. The first-order chi connectivity index (χ1) is 13.7. The van der Waals surface area contributed by atoms with Crippen LogP contribution in [0, 0.1) is 0 Å². The topological polar surface area (TPSA) is 90.3 Å². The Bertz CT molecular complexity index is 1030. The lowest BCUT2D eigenvalue weighted by atomic mass is 10.0. The second-order valence-electron chi connectivity index (χ2n) is 6.23. The zero-order chi connectivity index (χ0) is 19.7. The zero-order valence-electron chi connectivity index (χ0n) is 15.8. The summed E-state index contributed by atoms with van der Waals surface area (Å²) in [5, 5.41) is 0. The van der Waals surface area contributed by atoms with Crippen LogP contribution in [0.25, 0.3) is 11.5 Å². The zero-order valence-corrected chi connectivity index (χ0v) is 15.8. The van der Waals surface area contributed by atoms with Gasteiger partial charge in [0.1, 0.15) is 5.69 Å². The molecule has 2 aromatic heterocycles. The number of ether oxygens (including phenoxy) is 2. The molecule has 1 atom stereocenters. The van der Waals surface area contributed by atoms with Gasteiger partial charge in [0, 0.05) is 18.0 Å². The third kappa shape index (κ3) is 2.83. The lowest BCUT2D eigenvalue weighted by molar-refractivity contribution is 0.0989. The third-order valence-electron chi connectivity index (χ3n) is 4.73. The van der Waals surface area contributed by atoms with E-state index in [4.69, 9.17) is 9.47 Å². The van der Waals surface area contributed by atoms with Crippen molar-refractivity contribution in [1.29, 1.82) is 0 Å². The molecule has 4 rings (SSSR count). The molecule has 3 aromatic rings. The number of anilines is 1. The molecule has 28 heavy (non-hydrogen) atoms. The Hall–Kier alpha value is -3.55. The molecule has 0 fully saturated rings. The van der Waals surface area contributed by atoms with Gasteiger partial charge >= 0.3 is 0 Å². The van der Waals surface area contributed by atoms with Crippen LogP contribution >= 0.6 is 0 Å². The number of aromatic nitrogens is 4. The van der Waals surface area contributed by atoms with E-state index in [1.165, 1.54) is 0 Å². The molecule has 0 N–H and O–H groups in total. The van der Waals surface area contributed by atoms with Crippen LogP contribution in [-0.2, 0) is 0 Å². The molecule has 8 heteroatoms. The van der Waals surface area contributed by atoms with Crippen LogP contribution in [0.3, 0.4) is 0 Å². The maximum atomic E-state index is 13.2. The van der Waals surface area contributed by atoms with Gasteiger partial charge in [-0.15, -0.1) is 0 Å². The van der Waals surface area contributed by atoms with Gasteiger partial charge in [-0.25, -0.2) is 15.0 Å². The molecular formula is C20H19N5O3. The maximum Gasteiger partial charge on any atom is 0.260 e. The van der Waals surface area contributed by atoms with Crippen LogP contribution in [0.4, 0.5) is 5.82 Å². The van der Waals surface area contributed by atoms with Crippen molar-refractivity contribution in [3.63, 3.8) is 0 Å². The van der Waals surface area contributed by atoms with Crippen molar-refractivity contribution in [1.82, 2.24) is 19.9 Å². The molecule has 1 aliphatic rings. The average molecular weight is 377 g/mol. The molecule has 1 aliphatic heterocycles. The number of carbonyl (C=O) groups is 1. The van der Waals surface area contributed by atoms with E-state index in [0.717, 1.165) is 5.56 Å². The molecular weight excluding hydrogens is 358 g/mol. The van der Waals surface area contributed by atoms with Crippen LogP contribution in [0.15, 0.2) is 43.0 Å². The second-order valence-corrected chi connectivity index (χ2v) is 6.23. The Morgan fingerprint density at radius 1 is 1.07 bits per heavy atom. The smallest absolute Gasteiger partial charge is 0.260 e. The van der Waals surface area contributed by atoms with E-state index in [9.17, 15) is 4.79 Å². The lowest BCUT2D eigenvalue weighted by Gasteiger charge is -2.23. The Morgan fingerprint density at radius 3 is 2.46 bits per heavy atom. The fourth-order valence-electron chi connectivity index (χ4n) is 3.44. The first-order valence-electron chi connectivity index (χ1n) is 8.86. The van der Waals surface area contributed by atoms with E-state index in [2.05, 4.69) is 19.9 Å². The summed E-state index contributed by atoms with van der Waals surface area (Å²) in [5.41, 5.74) is 1.97. The monoisotopic (exact) mass is 377 g/mol. The van der Waals surface area contributed by atoms with Crippen LogP contribution in [0.5, 0.6) is 11.5 Å². The van der Waals surface area contributed by atoms with E-state index in [1.54, 1.807) is 56.0 Å². The second kappa shape index (κ2) is 7.22. The maximum absolute atomic E-state index is 13.2. The van der Waals surface area contributed by atoms with E-state index in [-0.39, 0.29) is 11.9 Å². The summed E-state index contributed by atoms with van der Waals surface area (Å²) >= 11 is 0. The third-order valence-corrected chi connectivity index (χ3v) is 4.73. The van der Waals surface area contributed by atoms with Gasteiger partial charge in [0.25, 0.3) is 5.91 Å². The van der Waals surface area contributed by atoms with Gasteiger partial charge in [-0.3, -0.25) is 14.7 Å². The molecule has 0 spiro atoms. The Balaban J connectivity index is 1.79. The first-order valence-corrected chi connectivity index (χ1v) is 8.86. The van der Waals surface area contributed by atoms with Gasteiger partial charge in [-0.2, -0.15) is 0 Å². The fourth-order valence-corrected chi connectivity index (χ4v) is 3.44. The Kier molecular flexibility index (Phi) is 4.60. The van der Waals surface area contributed by atoms with E-state index in [0.29, 0.717) is 40.8 Å². The van der Waals surface area contributed by atoms with Crippen LogP contribution in [0.1, 0.15) is 35.3 Å². The highest BCUT2D eigenvalue weighted by molar-refractivity contribution is 6.11. The number of hydrogen-bond donors (Lipinski definition) is 0. The van der Waals surface area contributed by atoms with Gasteiger partial charge in [0.15, 0.2) is 23.1 Å². The summed E-state index contributed by atoms with van der Waals surface area (Å²) in [6.45, 7) is 2.02. The van der Waals surface area contributed by atoms with Gasteiger partial charge in [0.2, 0.25) is 0 Å². The molecule has 142 valence electrons. The van der Waals surface area contributed by atoms with Gasteiger partial charge in [-0.05, 0) is 30.2 Å². The minimum atomic E-state index is -0.177. The highest BCUT2D eigenvalue weighted by Crippen LogP contribution is 2.43. The molecule has 0 aliphatic carbocycles. The molecule has 1 amide bonds. The number of rotatable bonds is 5. The van der Waals surface area contributed by atoms with E-state index < -0.39 is 0 Å². The van der Waals surface area contributed by atoms with Crippen molar-refractivity contribution in [3.05, 3.63) is 54.1 Å². The summed E-state index contributed by atoms with van der Waals surface area (Å²) < 4.78 is 10.8. The highest BCUT2D eigenvalue weighted by atomic mass is 16.5. The predicted molar refractivity (Wildman–Crippen MR) is 102 cm³/mol. The van der Waals surface area contributed by atoms with Crippen molar-refractivity contribution < 1.29 is 14.3 Å². The molecule has 3 heterocycles. The van der Waals surface area contributed by atoms with Gasteiger partial charge < -0.3 is 9.47 Å². The SMILES string of the molecule is CC[C@H]1c2cc(OC)c(OC)cc2C(=O)N1c1cncc(-c2ncccn2)n1. The summed E-state index contributed by atoms with van der Waals surface area (Å²) in [4.78, 5) is 32.1. The Morgan fingerprint density at radius 2 is 1.79 bits per heavy atom. The number of hydrogen-bond acceptors (Lipinski definition) is 7. The fraction of sp³-hybridized carbons (Fsp3) is 0.250. The van der Waals surface area contributed by atoms with Gasteiger partial charge in [0.05, 0.1) is 32.7 Å². The summed E-state index contributed by atoms with van der Waals surface area (Å²) in [6, 6.07) is 5.13. The van der Waals surface area contributed by atoms with Crippen molar-refractivity contribution in [2.45, 2.75) is 19.4 Å².